The highest BCUT2D eigenvalue weighted by molar-refractivity contribution is 7.93. The van der Waals surface area contributed by atoms with E-state index < -0.39 is 36.6 Å². The lowest BCUT2D eigenvalue weighted by atomic mass is 10.1. The summed E-state index contributed by atoms with van der Waals surface area (Å²) >= 11 is 0. The minimum absolute atomic E-state index is 0.0767. The number of halogens is 2. The van der Waals surface area contributed by atoms with Crippen LogP contribution in [0.4, 0.5) is 20.2 Å². The molecule has 2 N–H and O–H groups in total. The Morgan fingerprint density at radius 3 is 2.03 bits per heavy atom. The van der Waals surface area contributed by atoms with Crippen LogP contribution in [0, 0.1) is 32.4 Å². The van der Waals surface area contributed by atoms with E-state index in [1.807, 2.05) is 13.0 Å². The molecule has 0 fully saturated rings. The van der Waals surface area contributed by atoms with Gasteiger partial charge >= 0.3 is 0 Å². The second kappa shape index (κ2) is 8.27. The Bertz CT molecular complexity index is 1370. The number of anilines is 2. The number of rotatable bonds is 6. The minimum Gasteiger partial charge on any atom is -0.279 e. The second-order valence-electron chi connectivity index (χ2n) is 7.08. The Morgan fingerprint density at radius 2 is 1.35 bits per heavy atom. The fourth-order valence-electron chi connectivity index (χ4n) is 2.89. The van der Waals surface area contributed by atoms with E-state index in [1.165, 1.54) is 12.1 Å². The average molecular weight is 467 g/mol. The zero-order valence-electron chi connectivity index (χ0n) is 16.9. The predicted octanol–water partition coefficient (Wildman–Crippen LogP) is 4.49. The normalized spacial score (nSPS) is 11.9. The van der Waals surface area contributed by atoms with Crippen LogP contribution in [0.25, 0.3) is 0 Å². The van der Waals surface area contributed by atoms with Gasteiger partial charge in [-0.15, -0.1) is 0 Å². The Balaban J connectivity index is 1.97. The first kappa shape index (κ1) is 22.7. The third kappa shape index (κ3) is 5.02. The van der Waals surface area contributed by atoms with Crippen LogP contribution in [0.5, 0.6) is 0 Å². The van der Waals surface area contributed by atoms with Crippen molar-refractivity contribution in [1.82, 2.24) is 0 Å². The third-order valence-corrected chi connectivity index (χ3v) is 7.32. The Hall–Kier alpha value is -2.98. The van der Waals surface area contributed by atoms with E-state index in [2.05, 4.69) is 9.44 Å². The summed E-state index contributed by atoms with van der Waals surface area (Å²) in [5.74, 6) is -2.06. The SMILES string of the molecule is Cc1ccc(NS(=O)(=O)c2ccc(C)c(NS(=O)(=O)c3cc(F)ccc3F)c2)c(C)c1. The van der Waals surface area contributed by atoms with E-state index in [-0.39, 0.29) is 10.6 Å². The monoisotopic (exact) mass is 466 g/mol. The van der Waals surface area contributed by atoms with Gasteiger partial charge in [-0.1, -0.05) is 23.8 Å². The van der Waals surface area contributed by atoms with Gasteiger partial charge in [-0.05, 0) is 68.3 Å². The van der Waals surface area contributed by atoms with Crippen molar-refractivity contribution in [2.24, 2.45) is 0 Å². The van der Waals surface area contributed by atoms with Gasteiger partial charge in [-0.3, -0.25) is 9.44 Å². The lowest BCUT2D eigenvalue weighted by molar-refractivity contribution is 0.555. The van der Waals surface area contributed by atoms with Gasteiger partial charge in [0.1, 0.15) is 16.5 Å². The summed E-state index contributed by atoms with van der Waals surface area (Å²) in [5, 5.41) is 0. The number of sulfonamides is 2. The van der Waals surface area contributed by atoms with Crippen LogP contribution in [0.3, 0.4) is 0 Å². The van der Waals surface area contributed by atoms with E-state index in [4.69, 9.17) is 0 Å². The molecule has 0 spiro atoms. The van der Waals surface area contributed by atoms with Crippen molar-refractivity contribution in [2.45, 2.75) is 30.6 Å². The van der Waals surface area contributed by atoms with Crippen molar-refractivity contribution >= 4 is 31.4 Å². The molecule has 0 unspecified atom stereocenters. The van der Waals surface area contributed by atoms with Crippen molar-refractivity contribution in [3.8, 4) is 0 Å². The summed E-state index contributed by atoms with van der Waals surface area (Å²) in [6, 6.07) is 11.1. The van der Waals surface area contributed by atoms with Gasteiger partial charge in [0, 0.05) is 0 Å². The molecule has 0 saturated carbocycles. The largest absolute Gasteiger partial charge is 0.279 e. The van der Waals surface area contributed by atoms with Crippen LogP contribution in [-0.2, 0) is 20.0 Å². The third-order valence-electron chi connectivity index (χ3n) is 4.57. The smallest absolute Gasteiger partial charge is 0.264 e. The average Bonchev–Trinajstić information content (AvgIpc) is 2.67. The highest BCUT2D eigenvalue weighted by Gasteiger charge is 2.23. The summed E-state index contributed by atoms with van der Waals surface area (Å²) in [6.45, 7) is 5.19. The quantitative estimate of drug-likeness (QED) is 0.560. The van der Waals surface area contributed by atoms with E-state index in [0.717, 1.165) is 23.3 Å². The molecule has 0 aliphatic heterocycles. The number of benzene rings is 3. The molecule has 0 radical (unpaired) electrons. The lowest BCUT2D eigenvalue weighted by Crippen LogP contribution is -2.17. The van der Waals surface area contributed by atoms with Crippen molar-refractivity contribution in [3.05, 3.63) is 82.9 Å². The summed E-state index contributed by atoms with van der Waals surface area (Å²) in [5.41, 5.74) is 2.39. The summed E-state index contributed by atoms with van der Waals surface area (Å²) in [7, 11) is -8.54. The molecule has 10 heteroatoms. The van der Waals surface area contributed by atoms with Gasteiger partial charge in [0.2, 0.25) is 0 Å². The second-order valence-corrected chi connectivity index (χ2v) is 10.4. The molecule has 6 nitrogen and oxygen atoms in total. The summed E-state index contributed by atoms with van der Waals surface area (Å²) in [4.78, 5) is -1.08. The van der Waals surface area contributed by atoms with Gasteiger partial charge in [0.05, 0.1) is 16.3 Å². The molecule has 3 aromatic rings. The molecule has 0 heterocycles. The Morgan fingerprint density at radius 1 is 0.677 bits per heavy atom. The number of aryl methyl sites for hydroxylation is 3. The molecule has 3 rings (SSSR count). The van der Waals surface area contributed by atoms with Gasteiger partial charge in [-0.25, -0.2) is 25.6 Å². The first-order chi connectivity index (χ1) is 14.4. The van der Waals surface area contributed by atoms with E-state index in [0.29, 0.717) is 23.4 Å². The highest BCUT2D eigenvalue weighted by Crippen LogP contribution is 2.27. The zero-order valence-corrected chi connectivity index (χ0v) is 18.5. The number of hydrogen-bond acceptors (Lipinski definition) is 4. The van der Waals surface area contributed by atoms with Crippen LogP contribution in [0.15, 0.2) is 64.4 Å². The van der Waals surface area contributed by atoms with E-state index in [9.17, 15) is 25.6 Å². The van der Waals surface area contributed by atoms with Crippen LogP contribution in [-0.4, -0.2) is 16.8 Å². The number of nitrogens with one attached hydrogen (secondary N) is 2. The fraction of sp³-hybridized carbons (Fsp3) is 0.143. The molecular weight excluding hydrogens is 446 g/mol. The molecule has 3 aromatic carbocycles. The molecule has 0 amide bonds. The van der Waals surface area contributed by atoms with Crippen LogP contribution in [0.2, 0.25) is 0 Å². The molecular formula is C21H20F2N2O4S2. The van der Waals surface area contributed by atoms with Gasteiger partial charge in [-0.2, -0.15) is 0 Å². The molecule has 164 valence electrons. The van der Waals surface area contributed by atoms with Gasteiger partial charge in [0.25, 0.3) is 20.0 Å². The maximum atomic E-state index is 14.0. The lowest BCUT2D eigenvalue weighted by Gasteiger charge is -2.15. The first-order valence-corrected chi connectivity index (χ1v) is 12.0. The van der Waals surface area contributed by atoms with Crippen molar-refractivity contribution in [2.75, 3.05) is 9.44 Å². The minimum atomic E-state index is -4.50. The van der Waals surface area contributed by atoms with Crippen LogP contribution < -0.4 is 9.44 Å². The molecule has 0 aliphatic carbocycles. The van der Waals surface area contributed by atoms with E-state index in [1.54, 1.807) is 26.0 Å². The summed E-state index contributed by atoms with van der Waals surface area (Å²) in [6.07, 6.45) is 0. The molecule has 0 aromatic heterocycles. The molecule has 0 bridgehead atoms. The van der Waals surface area contributed by atoms with Gasteiger partial charge in [0.15, 0.2) is 0 Å². The standard InChI is InChI=1S/C21H20F2N2O4S2/c1-13-4-9-19(15(3)10-13)24-30(26,27)17-7-5-14(2)20(12-17)25-31(28,29)21-11-16(22)6-8-18(21)23/h4-12,24-25H,1-3H3. The fourth-order valence-corrected chi connectivity index (χ4v) is 5.26. The Kier molecular flexibility index (Phi) is 6.06. The topological polar surface area (TPSA) is 92.3 Å². The molecule has 0 saturated heterocycles. The zero-order chi connectivity index (χ0) is 23.0. The van der Waals surface area contributed by atoms with Crippen molar-refractivity contribution in [1.29, 1.82) is 0 Å². The maximum Gasteiger partial charge on any atom is 0.264 e. The first-order valence-electron chi connectivity index (χ1n) is 9.08. The predicted molar refractivity (Wildman–Crippen MR) is 115 cm³/mol. The van der Waals surface area contributed by atoms with Crippen LogP contribution >= 0.6 is 0 Å². The molecule has 0 aliphatic rings. The number of hydrogen-bond donors (Lipinski definition) is 2. The maximum absolute atomic E-state index is 14.0. The molecule has 0 atom stereocenters. The van der Waals surface area contributed by atoms with E-state index >= 15 is 0 Å². The highest BCUT2D eigenvalue weighted by atomic mass is 32.2. The van der Waals surface area contributed by atoms with Crippen molar-refractivity contribution < 1.29 is 25.6 Å². The van der Waals surface area contributed by atoms with Crippen LogP contribution in [0.1, 0.15) is 16.7 Å². The molecule has 31 heavy (non-hydrogen) atoms. The Labute approximate surface area is 180 Å². The van der Waals surface area contributed by atoms with Gasteiger partial charge < -0.3 is 0 Å². The van der Waals surface area contributed by atoms with Crippen molar-refractivity contribution in [3.63, 3.8) is 0 Å². The summed E-state index contributed by atoms with van der Waals surface area (Å²) < 4.78 is 82.8.